The number of aromatic amines is 1. The van der Waals surface area contributed by atoms with E-state index in [0.717, 1.165) is 12.2 Å². The number of nitrogens with zero attached hydrogens (tertiary/aromatic N) is 2. The van der Waals surface area contributed by atoms with Gasteiger partial charge in [0.2, 0.25) is 0 Å². The number of nitrogens with one attached hydrogen (secondary N) is 1. The molecule has 2 rings (SSSR count). The van der Waals surface area contributed by atoms with E-state index in [0.29, 0.717) is 0 Å². The molecule has 0 aliphatic carbocycles. The maximum absolute atomic E-state index is 8.42. The Kier molecular flexibility index (Phi) is 4.66. The molecule has 78 valence electrons. The fourth-order valence-electron chi connectivity index (χ4n) is 0.885. The van der Waals surface area contributed by atoms with Gasteiger partial charge in [-0.3, -0.25) is 0 Å². The smallest absolute Gasteiger partial charge is 0.188 e. The SMILES string of the molecule is C=CCc1ncccn1.Oc1ccc[nH]1. The number of rotatable bonds is 2. The van der Waals surface area contributed by atoms with E-state index in [9.17, 15) is 0 Å². The Morgan fingerprint density at radius 3 is 2.47 bits per heavy atom. The van der Waals surface area contributed by atoms with Gasteiger partial charge in [0.05, 0.1) is 0 Å². The molecule has 0 unspecified atom stereocenters. The summed E-state index contributed by atoms with van der Waals surface area (Å²) in [7, 11) is 0. The highest BCUT2D eigenvalue weighted by Gasteiger charge is 1.85. The zero-order valence-corrected chi connectivity index (χ0v) is 8.30. The van der Waals surface area contributed by atoms with Crippen LogP contribution < -0.4 is 0 Å². The van der Waals surface area contributed by atoms with E-state index < -0.39 is 0 Å². The molecule has 2 N–H and O–H groups in total. The molecule has 0 bridgehead atoms. The van der Waals surface area contributed by atoms with Crippen molar-refractivity contribution >= 4 is 0 Å². The van der Waals surface area contributed by atoms with Crippen LogP contribution in [0.5, 0.6) is 5.88 Å². The third-order valence-electron chi connectivity index (χ3n) is 1.53. The van der Waals surface area contributed by atoms with Crippen LogP contribution in [0, 0.1) is 0 Å². The third kappa shape index (κ3) is 4.61. The average molecular weight is 203 g/mol. The number of H-pyrrole nitrogens is 1. The van der Waals surface area contributed by atoms with Crippen LogP contribution in [0.3, 0.4) is 0 Å². The van der Waals surface area contributed by atoms with Crippen LogP contribution in [0.15, 0.2) is 49.4 Å². The number of allylic oxidation sites excluding steroid dienone is 1. The second kappa shape index (κ2) is 6.37. The maximum Gasteiger partial charge on any atom is 0.188 e. The van der Waals surface area contributed by atoms with Gasteiger partial charge in [-0.15, -0.1) is 6.58 Å². The summed E-state index contributed by atoms with van der Waals surface area (Å²) in [5, 5.41) is 8.42. The van der Waals surface area contributed by atoms with E-state index in [1.807, 2.05) is 0 Å². The minimum absolute atomic E-state index is 0.218. The summed E-state index contributed by atoms with van der Waals surface area (Å²) < 4.78 is 0. The molecule has 0 aliphatic rings. The minimum atomic E-state index is 0.218. The second-order valence-electron chi connectivity index (χ2n) is 2.71. The summed E-state index contributed by atoms with van der Waals surface area (Å²) in [5.74, 6) is 1.04. The standard InChI is InChI=1S/C7H8N2.C4H5NO/c1-2-4-7-8-5-3-6-9-7;6-4-2-1-3-5-4/h2-3,5-6H,1,4H2;1-3,5-6H. The number of hydrogen-bond donors (Lipinski definition) is 2. The van der Waals surface area contributed by atoms with Crippen LogP contribution in [-0.2, 0) is 6.42 Å². The van der Waals surface area contributed by atoms with Crippen molar-refractivity contribution in [3.63, 3.8) is 0 Å². The van der Waals surface area contributed by atoms with Gasteiger partial charge in [-0.05, 0) is 18.2 Å². The fourth-order valence-corrected chi connectivity index (χ4v) is 0.885. The molecule has 15 heavy (non-hydrogen) atoms. The van der Waals surface area contributed by atoms with Gasteiger partial charge in [0.15, 0.2) is 5.88 Å². The monoisotopic (exact) mass is 203 g/mol. The first-order valence-corrected chi connectivity index (χ1v) is 4.52. The zero-order valence-electron chi connectivity index (χ0n) is 8.30. The molecule has 2 heterocycles. The highest BCUT2D eigenvalue weighted by Crippen LogP contribution is 1.97. The van der Waals surface area contributed by atoms with Crippen molar-refractivity contribution in [2.75, 3.05) is 0 Å². The van der Waals surface area contributed by atoms with Crippen LogP contribution in [0.25, 0.3) is 0 Å². The summed E-state index contributed by atoms with van der Waals surface area (Å²) in [5.41, 5.74) is 0. The van der Waals surface area contributed by atoms with E-state index >= 15 is 0 Å². The van der Waals surface area contributed by atoms with Crippen molar-refractivity contribution in [3.05, 3.63) is 55.3 Å². The molecule has 2 aromatic heterocycles. The Morgan fingerprint density at radius 1 is 1.33 bits per heavy atom. The van der Waals surface area contributed by atoms with Gasteiger partial charge >= 0.3 is 0 Å². The summed E-state index contributed by atoms with van der Waals surface area (Å²) >= 11 is 0. The lowest BCUT2D eigenvalue weighted by Gasteiger charge is -1.89. The van der Waals surface area contributed by atoms with Crippen molar-refractivity contribution < 1.29 is 5.11 Å². The second-order valence-corrected chi connectivity index (χ2v) is 2.71. The Morgan fingerprint density at radius 2 is 2.07 bits per heavy atom. The molecule has 0 fully saturated rings. The molecule has 4 heteroatoms. The van der Waals surface area contributed by atoms with Gasteiger partial charge in [-0.1, -0.05) is 6.08 Å². The lowest BCUT2D eigenvalue weighted by Crippen LogP contribution is -1.88. The normalized spacial score (nSPS) is 8.80. The number of aromatic nitrogens is 3. The molecule has 2 aromatic rings. The minimum Gasteiger partial charge on any atom is -0.495 e. The summed E-state index contributed by atoms with van der Waals surface area (Å²) in [6.07, 6.45) is 7.66. The first kappa shape index (κ1) is 11.0. The van der Waals surface area contributed by atoms with E-state index in [4.69, 9.17) is 5.11 Å². The molecule has 0 saturated carbocycles. The maximum atomic E-state index is 8.42. The molecule has 0 atom stereocenters. The lowest BCUT2D eigenvalue weighted by molar-refractivity contribution is 0.457. The van der Waals surface area contributed by atoms with Crippen LogP contribution in [0.2, 0.25) is 0 Å². The van der Waals surface area contributed by atoms with Crippen molar-refractivity contribution in [2.24, 2.45) is 0 Å². The Balaban J connectivity index is 0.000000162. The van der Waals surface area contributed by atoms with Gasteiger partial charge in [-0.2, -0.15) is 0 Å². The van der Waals surface area contributed by atoms with E-state index in [2.05, 4.69) is 21.5 Å². The highest BCUT2D eigenvalue weighted by molar-refractivity contribution is 5.06. The summed E-state index contributed by atoms with van der Waals surface area (Å²) in [6.45, 7) is 3.58. The van der Waals surface area contributed by atoms with Crippen LogP contribution in [-0.4, -0.2) is 20.1 Å². The molecular formula is C11H13N3O. The number of aromatic hydroxyl groups is 1. The van der Waals surface area contributed by atoms with Crippen molar-refractivity contribution in [1.82, 2.24) is 15.0 Å². The van der Waals surface area contributed by atoms with Gasteiger partial charge in [0.1, 0.15) is 5.82 Å². The Labute approximate surface area is 88.3 Å². The lowest BCUT2D eigenvalue weighted by atomic mass is 10.4. The van der Waals surface area contributed by atoms with Crippen LogP contribution >= 0.6 is 0 Å². The van der Waals surface area contributed by atoms with E-state index in [-0.39, 0.29) is 5.88 Å². The van der Waals surface area contributed by atoms with Gasteiger partial charge in [0.25, 0.3) is 0 Å². The summed E-state index contributed by atoms with van der Waals surface area (Å²) in [6, 6.07) is 5.11. The molecule has 0 radical (unpaired) electrons. The molecule has 0 spiro atoms. The quantitative estimate of drug-likeness (QED) is 0.733. The molecule has 0 aliphatic heterocycles. The highest BCUT2D eigenvalue weighted by atomic mass is 16.3. The van der Waals surface area contributed by atoms with Crippen LogP contribution in [0.1, 0.15) is 5.82 Å². The zero-order chi connectivity index (χ0) is 10.9. The van der Waals surface area contributed by atoms with Crippen LogP contribution in [0.4, 0.5) is 0 Å². The molecular weight excluding hydrogens is 190 g/mol. The predicted octanol–water partition coefficient (Wildman–Crippen LogP) is 1.93. The molecule has 0 amide bonds. The first-order valence-electron chi connectivity index (χ1n) is 4.52. The van der Waals surface area contributed by atoms with E-state index in [1.54, 1.807) is 42.9 Å². The molecule has 0 saturated heterocycles. The molecule has 0 aromatic carbocycles. The van der Waals surface area contributed by atoms with Crippen molar-refractivity contribution in [1.29, 1.82) is 0 Å². The van der Waals surface area contributed by atoms with Gasteiger partial charge in [0, 0.05) is 25.0 Å². The topological polar surface area (TPSA) is 61.8 Å². The van der Waals surface area contributed by atoms with Crippen molar-refractivity contribution in [3.8, 4) is 5.88 Å². The largest absolute Gasteiger partial charge is 0.495 e. The van der Waals surface area contributed by atoms with E-state index in [1.165, 1.54) is 0 Å². The Bertz CT molecular complexity index is 370. The fraction of sp³-hybridized carbons (Fsp3) is 0.0909. The first-order chi connectivity index (χ1) is 7.33. The van der Waals surface area contributed by atoms with Gasteiger partial charge in [-0.25, -0.2) is 9.97 Å². The average Bonchev–Trinajstić information content (AvgIpc) is 2.72. The summed E-state index contributed by atoms with van der Waals surface area (Å²) in [4.78, 5) is 10.5. The Hall–Kier alpha value is -2.10. The molecule has 4 nitrogen and oxygen atoms in total. The number of hydrogen-bond acceptors (Lipinski definition) is 3. The predicted molar refractivity (Wildman–Crippen MR) is 58.4 cm³/mol. The van der Waals surface area contributed by atoms with Crippen molar-refractivity contribution in [2.45, 2.75) is 6.42 Å². The van der Waals surface area contributed by atoms with Gasteiger partial charge < -0.3 is 10.1 Å². The third-order valence-corrected chi connectivity index (χ3v) is 1.53.